The average Bonchev–Trinajstić information content (AvgIpc) is 3.44. The van der Waals surface area contributed by atoms with Crippen molar-refractivity contribution in [2.24, 2.45) is 0 Å². The fourth-order valence-corrected chi connectivity index (χ4v) is 4.76. The Hall–Kier alpha value is -2.74. The second-order valence-corrected chi connectivity index (χ2v) is 8.04. The van der Waals surface area contributed by atoms with E-state index in [9.17, 15) is 9.59 Å². The lowest BCUT2D eigenvalue weighted by atomic mass is 10.3. The van der Waals surface area contributed by atoms with E-state index in [0.29, 0.717) is 24.5 Å². The van der Waals surface area contributed by atoms with Gasteiger partial charge in [-0.25, -0.2) is 4.98 Å². The zero-order valence-electron chi connectivity index (χ0n) is 14.7. The van der Waals surface area contributed by atoms with Crippen molar-refractivity contribution in [1.82, 2.24) is 19.7 Å². The normalized spacial score (nSPS) is 20.1. The van der Waals surface area contributed by atoms with E-state index in [0.717, 1.165) is 35.3 Å². The van der Waals surface area contributed by atoms with E-state index in [2.05, 4.69) is 10.1 Å². The molecular weight excluding hydrogens is 362 g/mol. The van der Waals surface area contributed by atoms with Gasteiger partial charge in [0.1, 0.15) is 0 Å². The number of benzene rings is 1. The molecule has 1 unspecified atom stereocenters. The van der Waals surface area contributed by atoms with Crippen LogP contribution in [0.4, 0.5) is 5.69 Å². The van der Waals surface area contributed by atoms with Gasteiger partial charge in [0.2, 0.25) is 5.91 Å². The zero-order valence-corrected chi connectivity index (χ0v) is 15.6. The molecule has 0 spiro atoms. The van der Waals surface area contributed by atoms with E-state index in [4.69, 9.17) is 0 Å². The second-order valence-electron chi connectivity index (χ2n) is 7.01. The minimum absolute atomic E-state index is 0.0131. The lowest BCUT2D eigenvalue weighted by molar-refractivity contribution is -0.117. The molecule has 0 bridgehead atoms. The van der Waals surface area contributed by atoms with Gasteiger partial charge in [0.15, 0.2) is 5.01 Å². The molecule has 27 heavy (non-hydrogen) atoms. The van der Waals surface area contributed by atoms with E-state index in [1.807, 2.05) is 40.0 Å². The number of aromatic nitrogens is 3. The molecule has 2 saturated heterocycles. The van der Waals surface area contributed by atoms with Crippen LogP contribution in [0.3, 0.4) is 0 Å². The molecule has 2 aromatic heterocycles. The SMILES string of the molecule is O=C(c1nc2ccccc2s1)N1CCC(n2cc(N3CCCC3=O)cn2)C1. The Balaban J connectivity index is 1.30. The van der Waals surface area contributed by atoms with Gasteiger partial charge in [0, 0.05) is 32.3 Å². The zero-order chi connectivity index (χ0) is 18.4. The smallest absolute Gasteiger partial charge is 0.282 e. The molecule has 4 heterocycles. The maximum atomic E-state index is 12.8. The molecule has 5 rings (SSSR count). The first-order chi connectivity index (χ1) is 13.2. The summed E-state index contributed by atoms with van der Waals surface area (Å²) in [6, 6.07) is 7.95. The largest absolute Gasteiger partial charge is 0.334 e. The Morgan fingerprint density at radius 1 is 1.22 bits per heavy atom. The number of fused-ring (bicyclic) bond motifs is 1. The van der Waals surface area contributed by atoms with Crippen molar-refractivity contribution in [3.05, 3.63) is 41.7 Å². The monoisotopic (exact) mass is 381 g/mol. The molecule has 0 aliphatic carbocycles. The molecule has 1 aromatic carbocycles. The molecule has 138 valence electrons. The van der Waals surface area contributed by atoms with Crippen LogP contribution in [0.15, 0.2) is 36.7 Å². The van der Waals surface area contributed by atoms with Crippen LogP contribution in [-0.2, 0) is 4.79 Å². The number of carbonyl (C=O) groups is 2. The molecule has 2 amide bonds. The van der Waals surface area contributed by atoms with Gasteiger partial charge in [-0.3, -0.25) is 14.3 Å². The van der Waals surface area contributed by atoms with Gasteiger partial charge in [0.05, 0.1) is 28.1 Å². The van der Waals surface area contributed by atoms with Gasteiger partial charge in [-0.1, -0.05) is 12.1 Å². The summed E-state index contributed by atoms with van der Waals surface area (Å²) in [5.41, 5.74) is 1.72. The Labute approximate surface area is 160 Å². The van der Waals surface area contributed by atoms with E-state index in [1.54, 1.807) is 11.1 Å². The minimum atomic E-state index is -0.0131. The van der Waals surface area contributed by atoms with Crippen molar-refractivity contribution in [2.75, 3.05) is 24.5 Å². The average molecular weight is 381 g/mol. The van der Waals surface area contributed by atoms with Crippen molar-refractivity contribution in [1.29, 1.82) is 0 Å². The maximum absolute atomic E-state index is 12.8. The third kappa shape index (κ3) is 2.90. The number of carbonyl (C=O) groups excluding carboxylic acids is 2. The quantitative estimate of drug-likeness (QED) is 0.699. The molecule has 2 fully saturated rings. The number of hydrogen-bond donors (Lipinski definition) is 0. The first-order valence-electron chi connectivity index (χ1n) is 9.18. The predicted octanol–water partition coefficient (Wildman–Crippen LogP) is 2.71. The standard InChI is InChI=1S/C19H19N5O2S/c25-17-6-3-8-23(17)14-10-20-24(12-14)13-7-9-22(11-13)19(26)18-21-15-4-1-2-5-16(15)27-18/h1-2,4-5,10,12-13H,3,6-9,11H2. The third-order valence-corrected chi connectivity index (χ3v) is 6.30. The molecular formula is C19H19N5O2S. The summed E-state index contributed by atoms with van der Waals surface area (Å²) in [4.78, 5) is 32.9. The summed E-state index contributed by atoms with van der Waals surface area (Å²) in [5, 5.41) is 4.99. The van der Waals surface area contributed by atoms with E-state index in [-0.39, 0.29) is 17.9 Å². The summed E-state index contributed by atoms with van der Waals surface area (Å²) in [5.74, 6) is 0.148. The van der Waals surface area contributed by atoms with Gasteiger partial charge in [-0.05, 0) is 25.0 Å². The van der Waals surface area contributed by atoms with Crippen molar-refractivity contribution < 1.29 is 9.59 Å². The predicted molar refractivity (Wildman–Crippen MR) is 103 cm³/mol. The summed E-state index contributed by atoms with van der Waals surface area (Å²) in [6.45, 7) is 2.07. The number of amides is 2. The molecule has 2 aliphatic heterocycles. The van der Waals surface area contributed by atoms with Crippen molar-refractivity contribution in [2.45, 2.75) is 25.3 Å². The van der Waals surface area contributed by atoms with Crippen LogP contribution in [0.25, 0.3) is 10.2 Å². The summed E-state index contributed by atoms with van der Waals surface area (Å²) in [6.07, 6.45) is 6.05. The van der Waals surface area contributed by atoms with Crippen LogP contribution < -0.4 is 4.90 Å². The highest BCUT2D eigenvalue weighted by molar-refractivity contribution is 7.20. The number of para-hydroxylation sites is 1. The molecule has 0 radical (unpaired) electrons. The van der Waals surface area contributed by atoms with Crippen molar-refractivity contribution in [3.63, 3.8) is 0 Å². The summed E-state index contributed by atoms with van der Waals surface area (Å²) >= 11 is 1.44. The van der Waals surface area contributed by atoms with Gasteiger partial charge in [-0.15, -0.1) is 11.3 Å². The van der Waals surface area contributed by atoms with Crippen molar-refractivity contribution >= 4 is 39.1 Å². The van der Waals surface area contributed by atoms with Gasteiger partial charge < -0.3 is 9.80 Å². The van der Waals surface area contributed by atoms with Gasteiger partial charge in [-0.2, -0.15) is 5.10 Å². The molecule has 0 N–H and O–H groups in total. The van der Waals surface area contributed by atoms with Crippen LogP contribution in [0.5, 0.6) is 0 Å². The first-order valence-corrected chi connectivity index (χ1v) is 10.00. The van der Waals surface area contributed by atoms with Crippen LogP contribution in [0, 0.1) is 0 Å². The lowest BCUT2D eigenvalue weighted by Crippen LogP contribution is -2.29. The lowest BCUT2D eigenvalue weighted by Gasteiger charge is -2.15. The molecule has 7 nitrogen and oxygen atoms in total. The fraction of sp³-hybridized carbons (Fsp3) is 0.368. The maximum Gasteiger partial charge on any atom is 0.282 e. The summed E-state index contributed by atoms with van der Waals surface area (Å²) < 4.78 is 2.93. The molecule has 2 aliphatic rings. The number of nitrogens with zero attached hydrogens (tertiary/aromatic N) is 5. The highest BCUT2D eigenvalue weighted by atomic mass is 32.1. The number of thiazole rings is 1. The molecule has 0 saturated carbocycles. The Bertz CT molecular complexity index is 993. The molecule has 8 heteroatoms. The number of rotatable bonds is 3. The summed E-state index contributed by atoms with van der Waals surface area (Å²) in [7, 11) is 0. The molecule has 1 atom stereocenters. The van der Waals surface area contributed by atoms with Crippen LogP contribution in [0.1, 0.15) is 35.1 Å². The van der Waals surface area contributed by atoms with Crippen LogP contribution in [0.2, 0.25) is 0 Å². The number of hydrogen-bond acceptors (Lipinski definition) is 5. The number of anilines is 1. The second kappa shape index (κ2) is 6.45. The van der Waals surface area contributed by atoms with Crippen LogP contribution in [-0.4, -0.2) is 51.1 Å². The van der Waals surface area contributed by atoms with Crippen LogP contribution >= 0.6 is 11.3 Å². The highest BCUT2D eigenvalue weighted by Gasteiger charge is 2.31. The van der Waals surface area contributed by atoms with Gasteiger partial charge >= 0.3 is 0 Å². The highest BCUT2D eigenvalue weighted by Crippen LogP contribution is 2.28. The van der Waals surface area contributed by atoms with Gasteiger partial charge in [0.25, 0.3) is 5.91 Å². The Kier molecular flexibility index (Phi) is 3.93. The van der Waals surface area contributed by atoms with E-state index < -0.39 is 0 Å². The van der Waals surface area contributed by atoms with E-state index in [1.165, 1.54) is 11.3 Å². The third-order valence-electron chi connectivity index (χ3n) is 5.27. The fourth-order valence-electron chi connectivity index (χ4n) is 3.83. The Morgan fingerprint density at radius 2 is 2.11 bits per heavy atom. The number of likely N-dealkylation sites (tertiary alicyclic amines) is 1. The first kappa shape index (κ1) is 16.4. The van der Waals surface area contributed by atoms with E-state index >= 15 is 0 Å². The minimum Gasteiger partial charge on any atom is -0.334 e. The topological polar surface area (TPSA) is 71.3 Å². The van der Waals surface area contributed by atoms with Crippen molar-refractivity contribution in [3.8, 4) is 0 Å². The molecule has 3 aromatic rings. The Morgan fingerprint density at radius 3 is 2.93 bits per heavy atom.